The lowest BCUT2D eigenvalue weighted by Crippen LogP contribution is -2.16. The lowest BCUT2D eigenvalue weighted by atomic mass is 9.96. The maximum atomic E-state index is 12.4. The number of fused-ring (bicyclic) bond motifs is 1. The lowest BCUT2D eigenvalue weighted by molar-refractivity contribution is 0.0732. The number of ether oxygens (including phenoxy) is 2. The van der Waals surface area contributed by atoms with Gasteiger partial charge in [-0.05, 0) is 42.7 Å². The predicted molar refractivity (Wildman–Crippen MR) is 106 cm³/mol. The molecule has 1 atom stereocenters. The van der Waals surface area contributed by atoms with Crippen molar-refractivity contribution < 1.29 is 44.9 Å². The van der Waals surface area contributed by atoms with E-state index in [2.05, 4.69) is 0 Å². The van der Waals surface area contributed by atoms with E-state index in [1.807, 2.05) is 0 Å². The zero-order valence-corrected chi connectivity index (χ0v) is 15.9. The van der Waals surface area contributed by atoms with Crippen molar-refractivity contribution in [2.75, 3.05) is 0 Å². The van der Waals surface area contributed by atoms with Crippen molar-refractivity contribution in [2.24, 2.45) is 0 Å². The van der Waals surface area contributed by atoms with Gasteiger partial charge in [0.1, 0.15) is 23.4 Å². The van der Waals surface area contributed by atoms with Crippen LogP contribution < -0.4 is 9.47 Å². The van der Waals surface area contributed by atoms with Crippen LogP contribution in [0.4, 0.5) is 0 Å². The number of phenolic OH excluding ortho intramolecular Hbond substituents is 6. The molecule has 4 rings (SSSR count). The van der Waals surface area contributed by atoms with Crippen molar-refractivity contribution in [2.45, 2.75) is 18.9 Å². The number of aromatic hydroxyl groups is 6. The molecular weight excluding hydrogens is 408 g/mol. The SMILES string of the molecule is O=C(Oc1cc(O)c2c(c1)OC(c1ccc(O)c(O)c1)CC2)c1cc(O)c(O)c(O)c1. The topological polar surface area (TPSA) is 157 Å². The van der Waals surface area contributed by atoms with Crippen LogP contribution in [-0.2, 0) is 6.42 Å². The fourth-order valence-electron chi connectivity index (χ4n) is 3.37. The first-order valence-corrected chi connectivity index (χ1v) is 9.24. The molecule has 0 fully saturated rings. The summed E-state index contributed by atoms with van der Waals surface area (Å²) >= 11 is 0. The summed E-state index contributed by atoms with van der Waals surface area (Å²) in [5.74, 6) is -3.51. The Morgan fingerprint density at radius 2 is 1.55 bits per heavy atom. The standard InChI is InChI=1S/C22H18O9/c23-14-3-1-10(5-16(14)25)19-4-2-13-15(24)8-12(9-20(13)31-19)30-22(29)11-6-17(26)21(28)18(27)7-11/h1,3,5-9,19,23-28H,2,4H2. The van der Waals surface area contributed by atoms with E-state index in [1.165, 1.54) is 24.3 Å². The van der Waals surface area contributed by atoms with Crippen molar-refractivity contribution in [1.82, 2.24) is 0 Å². The Hall–Kier alpha value is -4.27. The lowest BCUT2D eigenvalue weighted by Gasteiger charge is -2.27. The van der Waals surface area contributed by atoms with E-state index in [-0.39, 0.29) is 34.3 Å². The maximum absolute atomic E-state index is 12.4. The van der Waals surface area contributed by atoms with Crippen molar-refractivity contribution in [3.05, 3.63) is 59.2 Å². The molecule has 9 nitrogen and oxygen atoms in total. The number of carbonyl (C=O) groups excluding carboxylic acids is 1. The molecule has 0 radical (unpaired) electrons. The molecule has 0 aromatic heterocycles. The first kappa shape index (κ1) is 20.0. The van der Waals surface area contributed by atoms with Crippen LogP contribution in [0, 0.1) is 0 Å². The molecule has 3 aromatic carbocycles. The van der Waals surface area contributed by atoms with E-state index in [1.54, 1.807) is 6.07 Å². The van der Waals surface area contributed by atoms with E-state index < -0.39 is 29.3 Å². The van der Waals surface area contributed by atoms with Crippen LogP contribution in [0.5, 0.6) is 46.0 Å². The number of phenols is 6. The van der Waals surface area contributed by atoms with Gasteiger partial charge in [0.25, 0.3) is 0 Å². The fraction of sp³-hybridized carbons (Fsp3) is 0.136. The largest absolute Gasteiger partial charge is 0.507 e. The summed E-state index contributed by atoms with van der Waals surface area (Å²) in [4.78, 5) is 12.4. The second-order valence-electron chi connectivity index (χ2n) is 7.07. The summed E-state index contributed by atoms with van der Waals surface area (Å²) in [5.41, 5.74) is 0.931. The smallest absolute Gasteiger partial charge is 0.343 e. The summed E-state index contributed by atoms with van der Waals surface area (Å²) in [6.45, 7) is 0. The highest BCUT2D eigenvalue weighted by molar-refractivity contribution is 5.92. The first-order chi connectivity index (χ1) is 14.7. The van der Waals surface area contributed by atoms with Crippen LogP contribution in [0.2, 0.25) is 0 Å². The molecule has 3 aromatic rings. The summed E-state index contributed by atoms with van der Waals surface area (Å²) in [5, 5.41) is 58.0. The molecule has 1 aliphatic rings. The Morgan fingerprint density at radius 1 is 0.839 bits per heavy atom. The summed E-state index contributed by atoms with van der Waals surface area (Å²) in [6.07, 6.45) is 0.507. The molecule has 1 unspecified atom stereocenters. The zero-order valence-electron chi connectivity index (χ0n) is 15.9. The number of esters is 1. The molecule has 1 aliphatic heterocycles. The van der Waals surface area contributed by atoms with Crippen LogP contribution >= 0.6 is 0 Å². The maximum Gasteiger partial charge on any atom is 0.343 e. The Balaban J connectivity index is 1.59. The summed E-state index contributed by atoms with van der Waals surface area (Å²) in [7, 11) is 0. The highest BCUT2D eigenvalue weighted by Gasteiger charge is 2.26. The molecule has 1 heterocycles. The second kappa shape index (κ2) is 7.52. The summed E-state index contributed by atoms with van der Waals surface area (Å²) < 4.78 is 11.1. The van der Waals surface area contributed by atoms with Crippen LogP contribution in [0.25, 0.3) is 0 Å². The molecule has 0 saturated heterocycles. The molecule has 31 heavy (non-hydrogen) atoms. The van der Waals surface area contributed by atoms with Gasteiger partial charge in [-0.1, -0.05) is 6.07 Å². The van der Waals surface area contributed by atoms with Crippen molar-refractivity contribution in [3.8, 4) is 46.0 Å². The fourth-order valence-corrected chi connectivity index (χ4v) is 3.37. The highest BCUT2D eigenvalue weighted by atomic mass is 16.5. The van der Waals surface area contributed by atoms with Gasteiger partial charge >= 0.3 is 5.97 Å². The molecule has 0 aliphatic carbocycles. The molecule has 160 valence electrons. The number of hydrogen-bond donors (Lipinski definition) is 6. The van der Waals surface area contributed by atoms with Crippen LogP contribution in [0.1, 0.15) is 34.0 Å². The Kier molecular flexibility index (Phi) is 4.86. The molecule has 0 amide bonds. The third-order valence-corrected chi connectivity index (χ3v) is 4.97. The van der Waals surface area contributed by atoms with Gasteiger partial charge in [-0.2, -0.15) is 0 Å². The van der Waals surface area contributed by atoms with Gasteiger partial charge in [0.15, 0.2) is 28.7 Å². The predicted octanol–water partition coefficient (Wildman–Crippen LogP) is 3.21. The van der Waals surface area contributed by atoms with Gasteiger partial charge in [0, 0.05) is 17.7 Å². The third kappa shape index (κ3) is 3.80. The van der Waals surface area contributed by atoms with Crippen molar-refractivity contribution in [1.29, 1.82) is 0 Å². The Bertz CT molecular complexity index is 1160. The van der Waals surface area contributed by atoms with E-state index in [0.717, 1.165) is 12.1 Å². The van der Waals surface area contributed by atoms with Gasteiger partial charge in [0.2, 0.25) is 0 Å². The quantitative estimate of drug-likeness (QED) is 0.210. The molecule has 0 saturated carbocycles. The minimum atomic E-state index is -0.944. The highest BCUT2D eigenvalue weighted by Crippen LogP contribution is 2.43. The molecule has 9 heteroatoms. The van der Waals surface area contributed by atoms with Crippen molar-refractivity contribution in [3.63, 3.8) is 0 Å². The Labute approximate surface area is 175 Å². The number of carbonyl (C=O) groups is 1. The van der Waals surface area contributed by atoms with Crippen LogP contribution in [-0.4, -0.2) is 36.6 Å². The minimum absolute atomic E-state index is 0.0393. The molecule has 0 bridgehead atoms. The van der Waals surface area contributed by atoms with Gasteiger partial charge in [-0.3, -0.25) is 0 Å². The van der Waals surface area contributed by atoms with E-state index in [9.17, 15) is 35.4 Å². The van der Waals surface area contributed by atoms with Crippen LogP contribution in [0.3, 0.4) is 0 Å². The Morgan fingerprint density at radius 3 is 2.23 bits per heavy atom. The van der Waals surface area contributed by atoms with E-state index >= 15 is 0 Å². The third-order valence-electron chi connectivity index (χ3n) is 4.97. The second-order valence-corrected chi connectivity index (χ2v) is 7.07. The van der Waals surface area contributed by atoms with Crippen molar-refractivity contribution >= 4 is 5.97 Å². The van der Waals surface area contributed by atoms with E-state index in [4.69, 9.17) is 9.47 Å². The minimum Gasteiger partial charge on any atom is -0.507 e. The number of rotatable bonds is 3. The summed E-state index contributed by atoms with van der Waals surface area (Å²) in [6, 6.07) is 8.86. The van der Waals surface area contributed by atoms with Gasteiger partial charge in [-0.25, -0.2) is 4.79 Å². The monoisotopic (exact) mass is 426 g/mol. The van der Waals surface area contributed by atoms with Gasteiger partial charge < -0.3 is 40.1 Å². The molecule has 0 spiro atoms. The number of benzene rings is 3. The first-order valence-electron chi connectivity index (χ1n) is 9.24. The van der Waals surface area contributed by atoms with E-state index in [0.29, 0.717) is 24.0 Å². The molecular formula is C22H18O9. The zero-order chi connectivity index (χ0) is 22.3. The molecule has 6 N–H and O–H groups in total. The normalized spacial score (nSPS) is 15.0. The average molecular weight is 426 g/mol. The number of hydrogen-bond acceptors (Lipinski definition) is 9. The van der Waals surface area contributed by atoms with Crippen LogP contribution in [0.15, 0.2) is 42.5 Å². The van der Waals surface area contributed by atoms with Gasteiger partial charge in [-0.15, -0.1) is 0 Å². The average Bonchev–Trinajstić information content (AvgIpc) is 2.73. The van der Waals surface area contributed by atoms with Gasteiger partial charge in [0.05, 0.1) is 5.56 Å².